The highest BCUT2D eigenvalue weighted by atomic mass is 16.5. The molecule has 3 unspecified atom stereocenters. The second kappa shape index (κ2) is 6.69. The first-order chi connectivity index (χ1) is 8.31. The van der Waals surface area contributed by atoms with Crippen LogP contribution in [0.1, 0.15) is 26.2 Å². The molecule has 0 bridgehead atoms. The van der Waals surface area contributed by atoms with Gasteiger partial charge < -0.3 is 14.8 Å². The zero-order valence-electron chi connectivity index (χ0n) is 11.2. The highest BCUT2D eigenvalue weighted by molar-refractivity contribution is 4.89. The second-order valence-electron chi connectivity index (χ2n) is 5.25. The monoisotopic (exact) mass is 242 g/mol. The smallest absolute Gasteiger partial charge is 0.0730 e. The summed E-state index contributed by atoms with van der Waals surface area (Å²) < 4.78 is 10.9. The fourth-order valence-electron chi connectivity index (χ4n) is 3.05. The lowest BCUT2D eigenvalue weighted by molar-refractivity contribution is -0.0550. The topological polar surface area (TPSA) is 33.7 Å². The molecule has 1 saturated heterocycles. The van der Waals surface area contributed by atoms with Gasteiger partial charge in [0.25, 0.3) is 0 Å². The van der Waals surface area contributed by atoms with Crippen molar-refractivity contribution in [3.63, 3.8) is 0 Å². The number of nitrogens with zero attached hydrogens (tertiary/aromatic N) is 1. The molecule has 0 aromatic rings. The Morgan fingerprint density at radius 3 is 3.18 bits per heavy atom. The predicted molar refractivity (Wildman–Crippen MR) is 68.3 cm³/mol. The maximum atomic E-state index is 5.82. The number of rotatable bonds is 6. The summed E-state index contributed by atoms with van der Waals surface area (Å²) in [7, 11) is 1.75. The van der Waals surface area contributed by atoms with E-state index in [1.807, 2.05) is 0 Å². The Balaban J connectivity index is 1.67. The minimum absolute atomic E-state index is 0.445. The zero-order chi connectivity index (χ0) is 12.1. The fourth-order valence-corrected chi connectivity index (χ4v) is 3.05. The maximum Gasteiger partial charge on any atom is 0.0730 e. The van der Waals surface area contributed by atoms with Crippen LogP contribution in [0.25, 0.3) is 0 Å². The zero-order valence-corrected chi connectivity index (χ0v) is 11.2. The van der Waals surface area contributed by atoms with Crippen LogP contribution in [-0.2, 0) is 9.47 Å². The van der Waals surface area contributed by atoms with Gasteiger partial charge in [0.05, 0.1) is 19.3 Å². The van der Waals surface area contributed by atoms with Gasteiger partial charge in [0, 0.05) is 38.8 Å². The second-order valence-corrected chi connectivity index (χ2v) is 5.25. The van der Waals surface area contributed by atoms with Crippen molar-refractivity contribution in [1.29, 1.82) is 0 Å². The van der Waals surface area contributed by atoms with Gasteiger partial charge in [0.2, 0.25) is 0 Å². The molecule has 1 aliphatic carbocycles. The van der Waals surface area contributed by atoms with Crippen molar-refractivity contribution < 1.29 is 9.47 Å². The Bertz CT molecular complexity index is 225. The Kier molecular flexibility index (Phi) is 5.22. The van der Waals surface area contributed by atoms with Crippen LogP contribution in [-0.4, -0.2) is 63.0 Å². The number of methoxy groups -OCH3 is 1. The third-order valence-electron chi connectivity index (χ3n) is 3.91. The van der Waals surface area contributed by atoms with Gasteiger partial charge in [-0.25, -0.2) is 0 Å². The molecular formula is C13H26N2O2. The summed E-state index contributed by atoms with van der Waals surface area (Å²) in [6, 6.07) is 1.13. The van der Waals surface area contributed by atoms with Crippen LogP contribution in [0.3, 0.4) is 0 Å². The molecule has 2 fully saturated rings. The average molecular weight is 242 g/mol. The number of fused-ring (bicyclic) bond motifs is 1. The Morgan fingerprint density at radius 1 is 1.47 bits per heavy atom. The highest BCUT2D eigenvalue weighted by Crippen LogP contribution is 2.29. The van der Waals surface area contributed by atoms with Crippen molar-refractivity contribution in [3.8, 4) is 0 Å². The third-order valence-corrected chi connectivity index (χ3v) is 3.91. The number of hydrogen-bond donors (Lipinski definition) is 1. The molecule has 2 rings (SSSR count). The highest BCUT2D eigenvalue weighted by Gasteiger charge is 2.35. The van der Waals surface area contributed by atoms with E-state index in [1.54, 1.807) is 7.11 Å². The van der Waals surface area contributed by atoms with Crippen molar-refractivity contribution in [3.05, 3.63) is 0 Å². The van der Waals surface area contributed by atoms with Crippen molar-refractivity contribution in [2.45, 2.75) is 44.4 Å². The standard InChI is InChI=1S/C13H26N2O2/c1-11(10-16-2)14-6-7-15-8-9-17-13-5-3-4-12(13)15/h11-14H,3-10H2,1-2H3. The van der Waals surface area contributed by atoms with Gasteiger partial charge >= 0.3 is 0 Å². The third kappa shape index (κ3) is 3.65. The summed E-state index contributed by atoms with van der Waals surface area (Å²) >= 11 is 0. The molecule has 1 N–H and O–H groups in total. The van der Waals surface area contributed by atoms with E-state index in [4.69, 9.17) is 9.47 Å². The molecule has 1 saturated carbocycles. The van der Waals surface area contributed by atoms with Gasteiger partial charge in [0.15, 0.2) is 0 Å². The SMILES string of the molecule is COCC(C)NCCN1CCOC2CCCC21. The molecule has 0 aromatic carbocycles. The lowest BCUT2D eigenvalue weighted by Crippen LogP contribution is -2.51. The van der Waals surface area contributed by atoms with E-state index in [9.17, 15) is 0 Å². The van der Waals surface area contributed by atoms with Crippen molar-refractivity contribution >= 4 is 0 Å². The van der Waals surface area contributed by atoms with E-state index in [1.165, 1.54) is 19.3 Å². The molecule has 0 aromatic heterocycles. The van der Waals surface area contributed by atoms with E-state index >= 15 is 0 Å². The molecule has 100 valence electrons. The number of hydrogen-bond acceptors (Lipinski definition) is 4. The molecule has 0 radical (unpaired) electrons. The predicted octanol–water partition coefficient (Wildman–Crippen LogP) is 0.864. The summed E-state index contributed by atoms with van der Waals surface area (Å²) in [4.78, 5) is 2.60. The van der Waals surface area contributed by atoms with E-state index < -0.39 is 0 Å². The largest absolute Gasteiger partial charge is 0.383 e. The normalized spacial score (nSPS) is 31.4. The van der Waals surface area contributed by atoms with Crippen molar-refractivity contribution in [2.24, 2.45) is 0 Å². The van der Waals surface area contributed by atoms with E-state index in [0.29, 0.717) is 18.2 Å². The Hall–Kier alpha value is -0.160. The van der Waals surface area contributed by atoms with E-state index in [2.05, 4.69) is 17.1 Å². The van der Waals surface area contributed by atoms with Crippen LogP contribution in [0.5, 0.6) is 0 Å². The van der Waals surface area contributed by atoms with Crippen LogP contribution in [0, 0.1) is 0 Å². The first kappa shape index (κ1) is 13.3. The molecule has 2 aliphatic rings. The minimum atomic E-state index is 0.445. The average Bonchev–Trinajstić information content (AvgIpc) is 2.78. The molecule has 0 spiro atoms. The van der Waals surface area contributed by atoms with Gasteiger partial charge in [-0.3, -0.25) is 4.90 Å². The maximum absolute atomic E-state index is 5.82. The molecule has 1 heterocycles. The van der Waals surface area contributed by atoms with Crippen molar-refractivity contribution in [1.82, 2.24) is 10.2 Å². The summed E-state index contributed by atoms with van der Waals surface area (Å²) in [6.07, 6.45) is 4.42. The lowest BCUT2D eigenvalue weighted by atomic mass is 10.1. The van der Waals surface area contributed by atoms with Crippen molar-refractivity contribution in [2.75, 3.05) is 40.0 Å². The summed E-state index contributed by atoms with van der Waals surface area (Å²) in [6.45, 7) is 7.15. The van der Waals surface area contributed by atoms with Gasteiger partial charge in [-0.15, -0.1) is 0 Å². The number of ether oxygens (including phenoxy) is 2. The molecular weight excluding hydrogens is 216 g/mol. The molecule has 3 atom stereocenters. The number of morpholine rings is 1. The van der Waals surface area contributed by atoms with E-state index in [0.717, 1.165) is 32.8 Å². The van der Waals surface area contributed by atoms with Crippen LogP contribution >= 0.6 is 0 Å². The molecule has 0 amide bonds. The molecule has 17 heavy (non-hydrogen) atoms. The molecule has 4 heteroatoms. The summed E-state index contributed by atoms with van der Waals surface area (Å²) in [5, 5.41) is 3.50. The van der Waals surface area contributed by atoms with Crippen LogP contribution in [0.15, 0.2) is 0 Å². The van der Waals surface area contributed by atoms with Gasteiger partial charge in [-0.1, -0.05) is 0 Å². The van der Waals surface area contributed by atoms with Crippen LogP contribution in [0.2, 0.25) is 0 Å². The quantitative estimate of drug-likeness (QED) is 0.749. The van der Waals surface area contributed by atoms with Crippen LogP contribution in [0.4, 0.5) is 0 Å². The lowest BCUT2D eigenvalue weighted by Gasteiger charge is -2.37. The van der Waals surface area contributed by atoms with Gasteiger partial charge in [0.1, 0.15) is 0 Å². The van der Waals surface area contributed by atoms with E-state index in [-0.39, 0.29) is 0 Å². The van der Waals surface area contributed by atoms with Gasteiger partial charge in [-0.05, 0) is 26.2 Å². The fraction of sp³-hybridized carbons (Fsp3) is 1.00. The summed E-state index contributed by atoms with van der Waals surface area (Å²) in [5.74, 6) is 0. The summed E-state index contributed by atoms with van der Waals surface area (Å²) in [5.41, 5.74) is 0. The van der Waals surface area contributed by atoms with Crippen LogP contribution < -0.4 is 5.32 Å². The first-order valence-electron chi connectivity index (χ1n) is 6.89. The Morgan fingerprint density at radius 2 is 2.35 bits per heavy atom. The molecule has 1 aliphatic heterocycles. The number of nitrogens with one attached hydrogen (secondary N) is 1. The molecule has 4 nitrogen and oxygen atoms in total. The minimum Gasteiger partial charge on any atom is -0.383 e. The Labute approximate surface area is 105 Å². The van der Waals surface area contributed by atoms with Gasteiger partial charge in [-0.2, -0.15) is 0 Å². The first-order valence-corrected chi connectivity index (χ1v) is 6.89.